The number of piperidine rings is 1. The Kier molecular flexibility index (Phi) is 6.15. The summed E-state index contributed by atoms with van der Waals surface area (Å²) in [5.74, 6) is -0.0170. The van der Waals surface area contributed by atoms with Crippen molar-refractivity contribution in [1.29, 1.82) is 0 Å². The van der Waals surface area contributed by atoms with Crippen molar-refractivity contribution in [3.63, 3.8) is 0 Å². The van der Waals surface area contributed by atoms with E-state index in [1.807, 2.05) is 47.5 Å². The number of amides is 1. The van der Waals surface area contributed by atoms with E-state index in [-0.39, 0.29) is 29.7 Å². The van der Waals surface area contributed by atoms with Crippen LogP contribution in [0.2, 0.25) is 0 Å². The van der Waals surface area contributed by atoms with E-state index in [2.05, 4.69) is 5.32 Å². The van der Waals surface area contributed by atoms with Crippen LogP contribution in [0.1, 0.15) is 24.0 Å². The molecular weight excluding hydrogens is 451 g/mol. The van der Waals surface area contributed by atoms with Gasteiger partial charge in [0.25, 0.3) is 5.56 Å². The number of benzene rings is 2. The van der Waals surface area contributed by atoms with Gasteiger partial charge in [0, 0.05) is 18.8 Å². The number of thiophene rings is 1. The molecule has 1 unspecified atom stereocenters. The molecule has 1 saturated heterocycles. The average Bonchev–Trinajstić information content (AvgIpc) is 3.33. The number of carbonyl (C=O) groups is 1. The van der Waals surface area contributed by atoms with Gasteiger partial charge in [-0.2, -0.15) is 0 Å². The first-order chi connectivity index (χ1) is 16.5. The molecule has 0 bridgehead atoms. The van der Waals surface area contributed by atoms with Gasteiger partial charge in [0.1, 0.15) is 10.5 Å². The number of rotatable bonds is 5. The maximum atomic E-state index is 13.4. The molecule has 34 heavy (non-hydrogen) atoms. The van der Waals surface area contributed by atoms with Gasteiger partial charge in [-0.15, -0.1) is 11.3 Å². The number of anilines is 2. The van der Waals surface area contributed by atoms with Gasteiger partial charge in [0.15, 0.2) is 0 Å². The van der Waals surface area contributed by atoms with Crippen molar-refractivity contribution in [3.8, 4) is 0 Å². The van der Waals surface area contributed by atoms with Crippen molar-refractivity contribution in [2.24, 2.45) is 5.92 Å². The summed E-state index contributed by atoms with van der Waals surface area (Å²) in [5.41, 5.74) is 3.26. The number of halogens is 1. The minimum atomic E-state index is -0.318. The zero-order valence-corrected chi connectivity index (χ0v) is 19.6. The lowest BCUT2D eigenvalue weighted by molar-refractivity contribution is -0.120. The van der Waals surface area contributed by atoms with Gasteiger partial charge in [0.05, 0.1) is 18.0 Å². The van der Waals surface area contributed by atoms with Crippen LogP contribution >= 0.6 is 11.3 Å². The molecule has 1 N–H and O–H groups in total. The number of fused-ring (bicyclic) bond motifs is 1. The highest BCUT2D eigenvalue weighted by molar-refractivity contribution is 7.17. The zero-order valence-electron chi connectivity index (χ0n) is 18.8. The Morgan fingerprint density at radius 3 is 2.68 bits per heavy atom. The number of aryl methyl sites for hydroxylation is 1. The fourth-order valence-electron chi connectivity index (χ4n) is 4.34. The van der Waals surface area contributed by atoms with Gasteiger partial charge in [-0.25, -0.2) is 9.37 Å². The van der Waals surface area contributed by atoms with Crippen LogP contribution in [-0.4, -0.2) is 28.5 Å². The average molecular weight is 477 g/mol. The molecule has 4 aromatic rings. The van der Waals surface area contributed by atoms with E-state index >= 15 is 0 Å². The van der Waals surface area contributed by atoms with Crippen LogP contribution in [-0.2, 0) is 11.3 Å². The molecule has 1 atom stereocenters. The third-order valence-electron chi connectivity index (χ3n) is 6.19. The van der Waals surface area contributed by atoms with Crippen LogP contribution in [0, 0.1) is 18.7 Å². The number of carbonyl (C=O) groups excluding carboxylic acids is 1. The lowest BCUT2D eigenvalue weighted by Crippen LogP contribution is -2.43. The van der Waals surface area contributed by atoms with Crippen LogP contribution in [0.25, 0.3) is 10.2 Å². The maximum absolute atomic E-state index is 13.4. The van der Waals surface area contributed by atoms with Gasteiger partial charge in [-0.1, -0.05) is 29.8 Å². The summed E-state index contributed by atoms with van der Waals surface area (Å²) in [6.45, 7) is 3.47. The van der Waals surface area contributed by atoms with E-state index < -0.39 is 0 Å². The SMILES string of the molecule is Cc1ccc(NC(=O)C2CCCN(c3nc4ccsc4c(=O)n3Cc3ccc(F)cc3)C2)cc1. The molecular formula is C26H25FN4O2S. The summed E-state index contributed by atoms with van der Waals surface area (Å²) < 4.78 is 15.6. The molecule has 174 valence electrons. The van der Waals surface area contributed by atoms with Crippen LogP contribution in [0.5, 0.6) is 0 Å². The van der Waals surface area contributed by atoms with Crippen molar-refractivity contribution in [1.82, 2.24) is 9.55 Å². The molecule has 1 amide bonds. The Hall–Kier alpha value is -3.52. The summed E-state index contributed by atoms with van der Waals surface area (Å²) in [7, 11) is 0. The summed E-state index contributed by atoms with van der Waals surface area (Å²) in [5, 5.41) is 4.88. The van der Waals surface area contributed by atoms with Gasteiger partial charge < -0.3 is 10.2 Å². The minimum Gasteiger partial charge on any atom is -0.341 e. The Morgan fingerprint density at radius 2 is 1.91 bits per heavy atom. The third kappa shape index (κ3) is 4.59. The Labute approximate surface area is 200 Å². The van der Waals surface area contributed by atoms with Gasteiger partial charge in [-0.3, -0.25) is 14.2 Å². The molecule has 3 heterocycles. The second-order valence-electron chi connectivity index (χ2n) is 8.70. The monoisotopic (exact) mass is 476 g/mol. The second-order valence-corrected chi connectivity index (χ2v) is 9.62. The van der Waals surface area contributed by atoms with Crippen LogP contribution in [0.4, 0.5) is 16.0 Å². The fourth-order valence-corrected chi connectivity index (χ4v) is 5.12. The Bertz CT molecular complexity index is 1380. The van der Waals surface area contributed by atoms with E-state index in [4.69, 9.17) is 4.98 Å². The molecule has 1 aliphatic heterocycles. The van der Waals surface area contributed by atoms with Crippen LogP contribution in [0.3, 0.4) is 0 Å². The van der Waals surface area contributed by atoms with E-state index in [0.29, 0.717) is 29.3 Å². The van der Waals surface area contributed by atoms with Crippen LogP contribution < -0.4 is 15.8 Å². The number of aromatic nitrogens is 2. The first-order valence-electron chi connectivity index (χ1n) is 11.3. The van der Waals surface area contributed by atoms with Crippen molar-refractivity contribution in [3.05, 3.63) is 87.3 Å². The lowest BCUT2D eigenvalue weighted by Gasteiger charge is -2.34. The fraction of sp³-hybridized carbons (Fsp3) is 0.269. The molecule has 0 spiro atoms. The summed E-state index contributed by atoms with van der Waals surface area (Å²) in [6, 6.07) is 15.7. The maximum Gasteiger partial charge on any atom is 0.273 e. The van der Waals surface area contributed by atoms with Gasteiger partial charge >= 0.3 is 0 Å². The predicted molar refractivity (Wildman–Crippen MR) is 134 cm³/mol. The minimum absolute atomic E-state index is 0.0300. The molecule has 1 fully saturated rings. The number of nitrogens with zero attached hydrogens (tertiary/aromatic N) is 3. The topological polar surface area (TPSA) is 67.2 Å². The van der Waals surface area contributed by atoms with Crippen LogP contribution in [0.15, 0.2) is 64.8 Å². The molecule has 6 nitrogen and oxygen atoms in total. The molecule has 0 aliphatic carbocycles. The van der Waals surface area contributed by atoms with E-state index in [1.165, 1.54) is 23.5 Å². The Balaban J connectivity index is 1.44. The first-order valence-corrected chi connectivity index (χ1v) is 12.2. The quantitative estimate of drug-likeness (QED) is 0.449. The highest BCUT2D eigenvalue weighted by atomic mass is 32.1. The van der Waals surface area contributed by atoms with E-state index in [9.17, 15) is 14.0 Å². The molecule has 8 heteroatoms. The molecule has 2 aromatic carbocycles. The first kappa shape index (κ1) is 22.3. The molecule has 1 aliphatic rings. The van der Waals surface area contributed by atoms with Crippen molar-refractivity contribution in [2.75, 3.05) is 23.3 Å². The highest BCUT2D eigenvalue weighted by Gasteiger charge is 2.29. The normalized spacial score (nSPS) is 16.1. The van der Waals surface area contributed by atoms with Gasteiger partial charge in [0.2, 0.25) is 11.9 Å². The molecule has 0 saturated carbocycles. The summed E-state index contributed by atoms with van der Waals surface area (Å²) in [6.07, 6.45) is 1.59. The molecule has 5 rings (SSSR count). The standard InChI is InChI=1S/C26H25FN4O2S/c1-17-4-10-21(11-5-17)28-24(32)19-3-2-13-30(16-19)26-29-22-12-14-34-23(22)25(33)31(26)15-18-6-8-20(27)9-7-18/h4-12,14,19H,2-3,13,15-16H2,1H3,(H,28,32). The predicted octanol–water partition coefficient (Wildman–Crippen LogP) is 4.81. The van der Waals surface area contributed by atoms with Crippen molar-refractivity contribution < 1.29 is 9.18 Å². The highest BCUT2D eigenvalue weighted by Crippen LogP contribution is 2.26. The van der Waals surface area contributed by atoms with Crippen molar-refractivity contribution >= 4 is 39.1 Å². The second kappa shape index (κ2) is 9.38. The largest absolute Gasteiger partial charge is 0.341 e. The van der Waals surface area contributed by atoms with Crippen molar-refractivity contribution in [2.45, 2.75) is 26.3 Å². The smallest absolute Gasteiger partial charge is 0.273 e. The third-order valence-corrected chi connectivity index (χ3v) is 7.09. The number of hydrogen-bond acceptors (Lipinski definition) is 5. The Morgan fingerprint density at radius 1 is 1.15 bits per heavy atom. The van der Waals surface area contributed by atoms with E-state index in [1.54, 1.807) is 16.7 Å². The zero-order chi connectivity index (χ0) is 23.7. The summed E-state index contributed by atoms with van der Waals surface area (Å²) >= 11 is 1.37. The molecule has 2 aromatic heterocycles. The molecule has 0 radical (unpaired) electrons. The lowest BCUT2D eigenvalue weighted by atomic mass is 9.97. The number of hydrogen-bond donors (Lipinski definition) is 1. The van der Waals surface area contributed by atoms with Gasteiger partial charge in [-0.05, 0) is 61.0 Å². The number of nitrogens with one attached hydrogen (secondary N) is 1. The van der Waals surface area contributed by atoms with E-state index in [0.717, 1.165) is 29.7 Å². The summed E-state index contributed by atoms with van der Waals surface area (Å²) in [4.78, 5) is 33.2.